The van der Waals surface area contributed by atoms with Crippen molar-refractivity contribution in [3.05, 3.63) is 54.5 Å². The standard InChI is InChI=1S/C26H24F3N7O2/c1-35-13-30-34-24(35)17-12-31-36(2)22(17)14-5-3-6-15(9-14)25-33-20-11-16(32-19-7-4-8-21(19)37)10-18(23(20)38-25)26(27,28)29/h3,5-6,9-13,19,21,32,37H,4,7-8H2,1-2H3/t19-,21-/m1/s1. The maximum absolute atomic E-state index is 14.0. The number of alkyl halides is 3. The molecule has 196 valence electrons. The van der Waals surface area contributed by atoms with Gasteiger partial charge in [0, 0.05) is 30.9 Å². The molecule has 0 unspecified atom stereocenters. The van der Waals surface area contributed by atoms with Gasteiger partial charge in [-0.2, -0.15) is 18.3 Å². The van der Waals surface area contributed by atoms with E-state index < -0.39 is 17.8 Å². The number of oxazole rings is 1. The third kappa shape index (κ3) is 4.20. The maximum Gasteiger partial charge on any atom is 0.420 e. The molecule has 0 saturated heterocycles. The molecule has 0 aliphatic heterocycles. The highest BCUT2D eigenvalue weighted by Crippen LogP contribution is 2.40. The lowest BCUT2D eigenvalue weighted by molar-refractivity contribution is -0.136. The number of aryl methyl sites for hydroxylation is 2. The molecule has 3 heterocycles. The Labute approximate surface area is 214 Å². The van der Waals surface area contributed by atoms with E-state index in [4.69, 9.17) is 4.42 Å². The molecule has 0 radical (unpaired) electrons. The predicted molar refractivity (Wildman–Crippen MR) is 134 cm³/mol. The van der Waals surface area contributed by atoms with Crippen molar-refractivity contribution >= 4 is 16.8 Å². The summed E-state index contributed by atoms with van der Waals surface area (Å²) in [6.45, 7) is 0. The van der Waals surface area contributed by atoms with Crippen LogP contribution in [0.4, 0.5) is 18.9 Å². The van der Waals surface area contributed by atoms with Gasteiger partial charge in [0.1, 0.15) is 17.4 Å². The van der Waals surface area contributed by atoms with Crippen LogP contribution >= 0.6 is 0 Å². The van der Waals surface area contributed by atoms with Gasteiger partial charge in [-0.3, -0.25) is 4.68 Å². The van der Waals surface area contributed by atoms with Gasteiger partial charge in [0.2, 0.25) is 5.89 Å². The molecule has 0 spiro atoms. The van der Waals surface area contributed by atoms with Crippen LogP contribution < -0.4 is 5.32 Å². The van der Waals surface area contributed by atoms with Crippen molar-refractivity contribution in [2.45, 2.75) is 37.6 Å². The fourth-order valence-corrected chi connectivity index (χ4v) is 5.04. The van der Waals surface area contributed by atoms with Gasteiger partial charge in [-0.15, -0.1) is 10.2 Å². The number of benzene rings is 2. The van der Waals surface area contributed by atoms with Gasteiger partial charge in [0.15, 0.2) is 11.4 Å². The summed E-state index contributed by atoms with van der Waals surface area (Å²) in [5, 5.41) is 25.7. The van der Waals surface area contributed by atoms with Crippen LogP contribution in [-0.4, -0.2) is 46.8 Å². The minimum atomic E-state index is -4.65. The first kappa shape index (κ1) is 24.2. The lowest BCUT2D eigenvalue weighted by atomic mass is 10.0. The molecule has 38 heavy (non-hydrogen) atoms. The largest absolute Gasteiger partial charge is 0.435 e. The third-order valence-corrected chi connectivity index (χ3v) is 6.90. The molecule has 0 amide bonds. The van der Waals surface area contributed by atoms with Crippen molar-refractivity contribution in [3.63, 3.8) is 0 Å². The van der Waals surface area contributed by atoms with Gasteiger partial charge in [-0.1, -0.05) is 12.1 Å². The van der Waals surface area contributed by atoms with E-state index in [-0.39, 0.29) is 28.7 Å². The van der Waals surface area contributed by atoms with Crippen LogP contribution in [0, 0.1) is 0 Å². The van der Waals surface area contributed by atoms with E-state index in [0.29, 0.717) is 24.2 Å². The van der Waals surface area contributed by atoms with E-state index in [1.807, 2.05) is 13.1 Å². The van der Waals surface area contributed by atoms with Crippen molar-refractivity contribution in [1.29, 1.82) is 0 Å². The zero-order chi connectivity index (χ0) is 26.6. The zero-order valence-corrected chi connectivity index (χ0v) is 20.6. The fourth-order valence-electron chi connectivity index (χ4n) is 5.04. The Morgan fingerprint density at radius 2 is 1.92 bits per heavy atom. The first-order valence-electron chi connectivity index (χ1n) is 12.1. The average molecular weight is 524 g/mol. The first-order chi connectivity index (χ1) is 18.2. The SMILES string of the molecule is Cn1cnnc1-c1cnn(C)c1-c1cccc(-c2nc3cc(N[C@@H]4CCC[C@H]4O)cc(C(F)(F)F)c3o2)c1. The Balaban J connectivity index is 1.43. The van der Waals surface area contributed by atoms with Gasteiger partial charge in [0.25, 0.3) is 0 Å². The number of aliphatic hydroxyl groups is 1. The minimum Gasteiger partial charge on any atom is -0.435 e. The van der Waals surface area contributed by atoms with Gasteiger partial charge in [-0.25, -0.2) is 4.98 Å². The van der Waals surface area contributed by atoms with Crippen LogP contribution in [0.1, 0.15) is 24.8 Å². The second-order valence-electron chi connectivity index (χ2n) is 9.51. The van der Waals surface area contributed by atoms with Gasteiger partial charge in [-0.05, 0) is 43.5 Å². The van der Waals surface area contributed by atoms with Crippen molar-refractivity contribution < 1.29 is 22.7 Å². The van der Waals surface area contributed by atoms with Crippen LogP contribution in [0.15, 0.2) is 53.3 Å². The van der Waals surface area contributed by atoms with Crippen LogP contribution in [-0.2, 0) is 20.3 Å². The monoisotopic (exact) mass is 523 g/mol. The summed E-state index contributed by atoms with van der Waals surface area (Å²) >= 11 is 0. The first-order valence-corrected chi connectivity index (χ1v) is 12.1. The van der Waals surface area contributed by atoms with E-state index >= 15 is 0 Å². The smallest absolute Gasteiger partial charge is 0.420 e. The molecule has 12 heteroatoms. The molecule has 1 aliphatic rings. The molecule has 2 atom stereocenters. The van der Waals surface area contributed by atoms with Gasteiger partial charge < -0.3 is 19.4 Å². The highest BCUT2D eigenvalue weighted by molar-refractivity contribution is 5.85. The number of aromatic nitrogens is 6. The van der Waals surface area contributed by atoms with Crippen molar-refractivity contribution in [1.82, 2.24) is 29.5 Å². The Morgan fingerprint density at radius 3 is 2.63 bits per heavy atom. The van der Waals surface area contributed by atoms with Crippen LogP contribution in [0.2, 0.25) is 0 Å². The second-order valence-corrected chi connectivity index (χ2v) is 9.51. The molecule has 3 aromatic heterocycles. The number of nitrogens with one attached hydrogen (secondary N) is 1. The molecule has 2 N–H and O–H groups in total. The predicted octanol–water partition coefficient (Wildman–Crippen LogP) is 5.03. The van der Waals surface area contributed by atoms with Crippen LogP contribution in [0.3, 0.4) is 0 Å². The van der Waals surface area contributed by atoms with E-state index in [9.17, 15) is 18.3 Å². The molecule has 0 bridgehead atoms. The number of aliphatic hydroxyl groups excluding tert-OH is 1. The van der Waals surface area contributed by atoms with Crippen LogP contribution in [0.25, 0.3) is 45.2 Å². The number of rotatable bonds is 5. The third-order valence-electron chi connectivity index (χ3n) is 6.90. The molecule has 2 aromatic carbocycles. The molecule has 6 rings (SSSR count). The number of hydrogen-bond donors (Lipinski definition) is 2. The Kier molecular flexibility index (Phi) is 5.71. The Morgan fingerprint density at radius 1 is 1.11 bits per heavy atom. The zero-order valence-electron chi connectivity index (χ0n) is 20.6. The van der Waals surface area contributed by atoms with E-state index in [0.717, 1.165) is 29.3 Å². The summed E-state index contributed by atoms with van der Waals surface area (Å²) in [5.41, 5.74) is 1.85. The number of nitrogens with zero attached hydrogens (tertiary/aromatic N) is 6. The summed E-state index contributed by atoms with van der Waals surface area (Å²) in [4.78, 5) is 4.42. The normalized spacial score (nSPS) is 17.9. The lowest BCUT2D eigenvalue weighted by Crippen LogP contribution is -2.28. The molecular formula is C26H24F3N7O2. The highest BCUT2D eigenvalue weighted by atomic mass is 19.4. The number of fused-ring (bicyclic) bond motifs is 1. The average Bonchev–Trinajstić information content (AvgIpc) is 3.66. The number of anilines is 1. The highest BCUT2D eigenvalue weighted by Gasteiger charge is 2.36. The van der Waals surface area contributed by atoms with E-state index in [2.05, 4.69) is 25.6 Å². The number of hydrogen-bond acceptors (Lipinski definition) is 7. The summed E-state index contributed by atoms with van der Waals surface area (Å²) in [6, 6.07) is 9.42. The fraction of sp³-hybridized carbons (Fsp3) is 0.308. The molecule has 1 fully saturated rings. The quantitative estimate of drug-likeness (QED) is 0.333. The number of halogens is 3. The van der Waals surface area contributed by atoms with Crippen molar-refractivity contribution in [2.24, 2.45) is 14.1 Å². The molecule has 9 nitrogen and oxygen atoms in total. The lowest BCUT2D eigenvalue weighted by Gasteiger charge is -2.18. The summed E-state index contributed by atoms with van der Waals surface area (Å²) in [6.07, 6.45) is 0.142. The van der Waals surface area contributed by atoms with Gasteiger partial charge in [0.05, 0.1) is 29.6 Å². The van der Waals surface area contributed by atoms with Crippen molar-refractivity contribution in [3.8, 4) is 34.1 Å². The van der Waals surface area contributed by atoms with E-state index in [1.165, 1.54) is 6.07 Å². The van der Waals surface area contributed by atoms with Crippen molar-refractivity contribution in [2.75, 3.05) is 5.32 Å². The summed E-state index contributed by atoms with van der Waals surface area (Å²) in [7, 11) is 3.63. The van der Waals surface area contributed by atoms with Gasteiger partial charge >= 0.3 is 6.18 Å². The summed E-state index contributed by atoms with van der Waals surface area (Å²) in [5.74, 6) is 0.690. The van der Waals surface area contributed by atoms with E-state index in [1.54, 1.807) is 47.0 Å². The maximum atomic E-state index is 14.0. The molecule has 1 aliphatic carbocycles. The molecular weight excluding hydrogens is 499 g/mol. The topological polar surface area (TPSA) is 107 Å². The summed E-state index contributed by atoms with van der Waals surface area (Å²) < 4.78 is 51.3. The second kappa shape index (κ2) is 8.98. The molecule has 5 aromatic rings. The van der Waals surface area contributed by atoms with Crippen LogP contribution in [0.5, 0.6) is 0 Å². The Hall–Kier alpha value is -4.19. The minimum absolute atomic E-state index is 0.0628. The molecule has 1 saturated carbocycles. The Bertz CT molecular complexity index is 1640.